The minimum atomic E-state index is -4.30. The first-order chi connectivity index (χ1) is 7.89. The third-order valence-electron chi connectivity index (χ3n) is 1.90. The van der Waals surface area contributed by atoms with Gasteiger partial charge in [0.15, 0.2) is 0 Å². The molecule has 3 nitrogen and oxygen atoms in total. The summed E-state index contributed by atoms with van der Waals surface area (Å²) in [5.74, 6) is -8.86. The van der Waals surface area contributed by atoms with Crippen LogP contribution in [0.15, 0.2) is 24.3 Å². The highest BCUT2D eigenvalue weighted by Crippen LogP contribution is 2.22. The molecule has 0 N–H and O–H groups in total. The van der Waals surface area contributed by atoms with E-state index in [-0.39, 0.29) is 6.61 Å². The number of alkyl halides is 2. The van der Waals surface area contributed by atoms with Crippen LogP contribution in [0.5, 0.6) is 0 Å². The Hall–Kier alpha value is -1.85. The van der Waals surface area contributed by atoms with Crippen molar-refractivity contribution in [3.8, 4) is 0 Å². The van der Waals surface area contributed by atoms with Gasteiger partial charge in [-0.25, -0.2) is 9.18 Å². The Balaban J connectivity index is 3.00. The van der Waals surface area contributed by atoms with Crippen LogP contribution >= 0.6 is 0 Å². The van der Waals surface area contributed by atoms with Crippen LogP contribution in [0, 0.1) is 5.82 Å². The van der Waals surface area contributed by atoms with Gasteiger partial charge in [0.25, 0.3) is 0 Å². The Morgan fingerprint density at radius 1 is 1.35 bits per heavy atom. The van der Waals surface area contributed by atoms with E-state index in [1.807, 2.05) is 0 Å². The Morgan fingerprint density at radius 3 is 2.53 bits per heavy atom. The number of esters is 1. The van der Waals surface area contributed by atoms with E-state index in [9.17, 15) is 22.8 Å². The Morgan fingerprint density at radius 2 is 2.00 bits per heavy atom. The maximum Gasteiger partial charge on any atom is 0.404 e. The SMILES string of the molecule is CCOC(=O)C(F)(F)C(=O)c1cccc(F)c1. The topological polar surface area (TPSA) is 43.4 Å². The van der Waals surface area contributed by atoms with E-state index in [1.54, 1.807) is 0 Å². The van der Waals surface area contributed by atoms with Gasteiger partial charge in [0, 0.05) is 5.56 Å². The van der Waals surface area contributed by atoms with Crippen molar-refractivity contribution in [3.05, 3.63) is 35.6 Å². The summed E-state index contributed by atoms with van der Waals surface area (Å²) in [6, 6.07) is 3.73. The van der Waals surface area contributed by atoms with Crippen LogP contribution in [0.25, 0.3) is 0 Å². The average Bonchev–Trinajstić information content (AvgIpc) is 2.28. The molecular weight excluding hydrogens is 237 g/mol. The van der Waals surface area contributed by atoms with Gasteiger partial charge in [-0.2, -0.15) is 8.78 Å². The van der Waals surface area contributed by atoms with Crippen LogP contribution in [0.4, 0.5) is 13.2 Å². The van der Waals surface area contributed by atoms with E-state index in [1.165, 1.54) is 6.92 Å². The average molecular weight is 246 g/mol. The third-order valence-corrected chi connectivity index (χ3v) is 1.90. The molecule has 92 valence electrons. The number of ketones is 1. The van der Waals surface area contributed by atoms with E-state index in [4.69, 9.17) is 0 Å². The highest BCUT2D eigenvalue weighted by atomic mass is 19.3. The van der Waals surface area contributed by atoms with Crippen LogP contribution in [0.2, 0.25) is 0 Å². The lowest BCUT2D eigenvalue weighted by Crippen LogP contribution is -2.39. The fourth-order valence-corrected chi connectivity index (χ4v) is 1.13. The lowest BCUT2D eigenvalue weighted by molar-refractivity contribution is -0.164. The fourth-order valence-electron chi connectivity index (χ4n) is 1.13. The number of halogens is 3. The summed E-state index contributed by atoms with van der Waals surface area (Å²) in [4.78, 5) is 22.2. The van der Waals surface area contributed by atoms with Crippen molar-refractivity contribution in [1.29, 1.82) is 0 Å². The molecule has 0 heterocycles. The third kappa shape index (κ3) is 2.83. The van der Waals surface area contributed by atoms with E-state index >= 15 is 0 Å². The molecule has 0 spiro atoms. The number of rotatable bonds is 4. The second kappa shape index (κ2) is 4.99. The largest absolute Gasteiger partial charge is 0.461 e. The van der Waals surface area contributed by atoms with Gasteiger partial charge in [-0.05, 0) is 19.1 Å². The van der Waals surface area contributed by atoms with Gasteiger partial charge in [0.2, 0.25) is 5.78 Å². The first kappa shape index (κ1) is 13.2. The summed E-state index contributed by atoms with van der Waals surface area (Å²) < 4.78 is 43.4. The predicted octanol–water partition coefficient (Wildman–Crippen LogP) is 2.21. The number of hydrogen-bond acceptors (Lipinski definition) is 3. The first-order valence-electron chi connectivity index (χ1n) is 4.75. The second-order valence-corrected chi connectivity index (χ2v) is 3.13. The van der Waals surface area contributed by atoms with Crippen LogP contribution < -0.4 is 0 Å². The van der Waals surface area contributed by atoms with Crippen molar-refractivity contribution in [2.75, 3.05) is 6.61 Å². The van der Waals surface area contributed by atoms with Crippen molar-refractivity contribution in [2.45, 2.75) is 12.8 Å². The molecule has 17 heavy (non-hydrogen) atoms. The highest BCUT2D eigenvalue weighted by molar-refractivity contribution is 6.13. The van der Waals surface area contributed by atoms with Gasteiger partial charge < -0.3 is 4.74 Å². The molecular formula is C11H9F3O3. The monoisotopic (exact) mass is 246 g/mol. The van der Waals surface area contributed by atoms with Gasteiger partial charge in [-0.1, -0.05) is 12.1 Å². The zero-order valence-corrected chi connectivity index (χ0v) is 8.88. The van der Waals surface area contributed by atoms with Gasteiger partial charge in [-0.15, -0.1) is 0 Å². The molecule has 0 aliphatic rings. The summed E-state index contributed by atoms with van der Waals surface area (Å²) in [7, 11) is 0. The van der Waals surface area contributed by atoms with Gasteiger partial charge in [0.1, 0.15) is 5.82 Å². The molecule has 0 fully saturated rings. The molecule has 0 amide bonds. The van der Waals surface area contributed by atoms with Crippen molar-refractivity contribution in [2.24, 2.45) is 0 Å². The molecule has 0 aliphatic heterocycles. The molecule has 0 saturated carbocycles. The second-order valence-electron chi connectivity index (χ2n) is 3.13. The summed E-state index contributed by atoms with van der Waals surface area (Å²) in [5.41, 5.74) is -0.581. The van der Waals surface area contributed by atoms with Gasteiger partial charge in [0.05, 0.1) is 6.61 Å². The summed E-state index contributed by atoms with van der Waals surface area (Å²) in [6.45, 7) is 1.06. The number of ether oxygens (including phenoxy) is 1. The molecule has 1 rings (SSSR count). The quantitative estimate of drug-likeness (QED) is 0.464. The lowest BCUT2D eigenvalue weighted by Gasteiger charge is -2.13. The summed E-state index contributed by atoms with van der Waals surface area (Å²) in [5, 5.41) is 0. The number of carbonyl (C=O) groups excluding carboxylic acids is 2. The smallest absolute Gasteiger partial charge is 0.404 e. The molecule has 0 atom stereocenters. The number of hydrogen-bond donors (Lipinski definition) is 0. The van der Waals surface area contributed by atoms with Crippen LogP contribution in [-0.2, 0) is 9.53 Å². The highest BCUT2D eigenvalue weighted by Gasteiger charge is 2.49. The first-order valence-corrected chi connectivity index (χ1v) is 4.75. The Bertz CT molecular complexity index is 443. The molecule has 1 aromatic rings. The zero-order valence-electron chi connectivity index (χ0n) is 8.88. The minimum Gasteiger partial charge on any atom is -0.461 e. The van der Waals surface area contributed by atoms with Crippen molar-refractivity contribution in [3.63, 3.8) is 0 Å². The molecule has 6 heteroatoms. The molecule has 0 aromatic heterocycles. The zero-order chi connectivity index (χ0) is 13.1. The molecule has 0 radical (unpaired) electrons. The fraction of sp³-hybridized carbons (Fsp3) is 0.273. The molecule has 0 unspecified atom stereocenters. The standard InChI is InChI=1S/C11H9F3O3/c1-2-17-10(16)11(13,14)9(15)7-4-3-5-8(12)6-7/h3-6H,2H2,1H3. The predicted molar refractivity (Wildman–Crippen MR) is 52.3 cm³/mol. The molecule has 0 saturated heterocycles. The maximum absolute atomic E-state index is 13.3. The number of Topliss-reactive ketones (excluding diaryl/α,β-unsaturated/α-hetero) is 1. The van der Waals surface area contributed by atoms with Crippen LogP contribution in [0.3, 0.4) is 0 Å². The van der Waals surface area contributed by atoms with E-state index in [0.717, 1.165) is 18.2 Å². The van der Waals surface area contributed by atoms with E-state index in [2.05, 4.69) is 4.74 Å². The number of carbonyl (C=O) groups is 2. The van der Waals surface area contributed by atoms with Crippen LogP contribution in [0.1, 0.15) is 17.3 Å². The van der Waals surface area contributed by atoms with Crippen LogP contribution in [-0.4, -0.2) is 24.3 Å². The molecule has 0 aliphatic carbocycles. The lowest BCUT2D eigenvalue weighted by atomic mass is 10.1. The summed E-state index contributed by atoms with van der Waals surface area (Å²) in [6.07, 6.45) is 0. The molecule has 0 bridgehead atoms. The normalized spacial score (nSPS) is 11.1. The van der Waals surface area contributed by atoms with Crippen molar-refractivity contribution >= 4 is 11.8 Å². The Labute approximate surface area is 95.2 Å². The van der Waals surface area contributed by atoms with Crippen molar-refractivity contribution in [1.82, 2.24) is 0 Å². The van der Waals surface area contributed by atoms with E-state index in [0.29, 0.717) is 6.07 Å². The summed E-state index contributed by atoms with van der Waals surface area (Å²) >= 11 is 0. The maximum atomic E-state index is 13.3. The van der Waals surface area contributed by atoms with E-state index < -0.39 is 29.1 Å². The number of benzene rings is 1. The molecule has 1 aromatic carbocycles. The minimum absolute atomic E-state index is 0.273. The van der Waals surface area contributed by atoms with Gasteiger partial charge >= 0.3 is 11.9 Å². The Kier molecular flexibility index (Phi) is 3.88. The van der Waals surface area contributed by atoms with Crippen molar-refractivity contribution < 1.29 is 27.5 Å². The van der Waals surface area contributed by atoms with Gasteiger partial charge in [-0.3, -0.25) is 4.79 Å².